The summed E-state index contributed by atoms with van der Waals surface area (Å²) in [6, 6.07) is 8.15. The van der Waals surface area contributed by atoms with Crippen LogP contribution < -0.4 is 4.74 Å². The molecule has 1 aromatic rings. The van der Waals surface area contributed by atoms with Crippen LogP contribution in [0.15, 0.2) is 42.5 Å². The molecule has 1 atom stereocenters. The van der Waals surface area contributed by atoms with E-state index in [2.05, 4.69) is 30.4 Å². The molecule has 0 aromatic heterocycles. The summed E-state index contributed by atoms with van der Waals surface area (Å²) in [5, 5.41) is 0. The van der Waals surface area contributed by atoms with Crippen LogP contribution in [0.2, 0.25) is 0 Å². The summed E-state index contributed by atoms with van der Waals surface area (Å²) in [6.45, 7) is 1.56. The third kappa shape index (κ3) is 3.41. The highest BCUT2D eigenvalue weighted by Crippen LogP contribution is 2.26. The lowest BCUT2D eigenvalue weighted by molar-refractivity contribution is -0.131. The lowest BCUT2D eigenvalue weighted by Gasteiger charge is -2.27. The molecule has 0 bridgehead atoms. The Morgan fingerprint density at radius 2 is 2.14 bits per heavy atom. The number of benzene rings is 1. The molecule has 0 N–H and O–H groups in total. The third-order valence-corrected chi connectivity index (χ3v) is 4.57. The van der Waals surface area contributed by atoms with Gasteiger partial charge in [0, 0.05) is 19.5 Å². The number of nitrogens with zero attached hydrogens (tertiary/aromatic N) is 1. The zero-order valence-corrected chi connectivity index (χ0v) is 13.1. The number of hydrogen-bond acceptors (Lipinski definition) is 2. The van der Waals surface area contributed by atoms with Gasteiger partial charge in [-0.1, -0.05) is 30.4 Å². The average molecular weight is 297 g/mol. The van der Waals surface area contributed by atoms with E-state index in [1.165, 1.54) is 11.1 Å². The van der Waals surface area contributed by atoms with Crippen molar-refractivity contribution in [2.75, 3.05) is 20.2 Å². The van der Waals surface area contributed by atoms with Gasteiger partial charge in [0.1, 0.15) is 5.75 Å². The van der Waals surface area contributed by atoms with Crippen molar-refractivity contribution in [1.29, 1.82) is 0 Å². The van der Waals surface area contributed by atoms with E-state index in [1.54, 1.807) is 7.11 Å². The van der Waals surface area contributed by atoms with Crippen molar-refractivity contribution < 1.29 is 9.53 Å². The zero-order valence-electron chi connectivity index (χ0n) is 13.1. The van der Waals surface area contributed by atoms with E-state index in [9.17, 15) is 4.79 Å². The van der Waals surface area contributed by atoms with E-state index in [4.69, 9.17) is 4.74 Å². The minimum absolute atomic E-state index is 0.293. The fraction of sp³-hybridized carbons (Fsp3) is 0.421. The summed E-state index contributed by atoms with van der Waals surface area (Å²) in [7, 11) is 1.68. The van der Waals surface area contributed by atoms with Crippen molar-refractivity contribution in [2.45, 2.75) is 25.7 Å². The molecular formula is C19H23NO2. The number of carbonyl (C=O) groups excluding carboxylic acids is 1. The number of ether oxygens (including phenoxy) is 1. The Balaban J connectivity index is 1.58. The maximum atomic E-state index is 12.3. The molecule has 0 fully saturated rings. The smallest absolute Gasteiger partial charge is 0.223 e. The van der Waals surface area contributed by atoms with Crippen LogP contribution in [-0.2, 0) is 4.79 Å². The van der Waals surface area contributed by atoms with Gasteiger partial charge >= 0.3 is 0 Å². The maximum Gasteiger partial charge on any atom is 0.223 e. The first-order chi connectivity index (χ1) is 10.8. The predicted molar refractivity (Wildman–Crippen MR) is 88.6 cm³/mol. The molecule has 0 saturated heterocycles. The minimum atomic E-state index is 0.293. The molecule has 0 saturated carbocycles. The van der Waals surface area contributed by atoms with Crippen molar-refractivity contribution in [3.8, 4) is 5.75 Å². The third-order valence-electron chi connectivity index (χ3n) is 4.57. The number of methoxy groups -OCH3 is 1. The van der Waals surface area contributed by atoms with Crippen molar-refractivity contribution in [1.82, 2.24) is 4.90 Å². The fourth-order valence-electron chi connectivity index (χ4n) is 3.18. The molecule has 1 heterocycles. The lowest BCUT2D eigenvalue weighted by atomic mass is 9.98. The second-order valence-electron chi connectivity index (χ2n) is 6.02. The second kappa shape index (κ2) is 6.82. The van der Waals surface area contributed by atoms with E-state index < -0.39 is 0 Å². The Kier molecular flexibility index (Phi) is 4.62. The van der Waals surface area contributed by atoms with Gasteiger partial charge in [0.15, 0.2) is 0 Å². The molecule has 0 spiro atoms. The first-order valence-corrected chi connectivity index (χ1v) is 8.04. The molecular weight excluding hydrogens is 274 g/mol. The quantitative estimate of drug-likeness (QED) is 0.794. The predicted octanol–water partition coefficient (Wildman–Crippen LogP) is 3.67. The molecule has 22 heavy (non-hydrogen) atoms. The maximum absolute atomic E-state index is 12.3. The number of rotatable bonds is 4. The molecule has 116 valence electrons. The summed E-state index contributed by atoms with van der Waals surface area (Å²) < 4.78 is 5.19. The Morgan fingerprint density at radius 1 is 1.32 bits per heavy atom. The molecule has 1 unspecified atom stereocenters. The van der Waals surface area contributed by atoms with Crippen LogP contribution in [0.25, 0.3) is 5.57 Å². The molecule has 0 radical (unpaired) electrons. The highest BCUT2D eigenvalue weighted by atomic mass is 16.5. The van der Waals surface area contributed by atoms with Crippen LogP contribution in [0.5, 0.6) is 5.75 Å². The van der Waals surface area contributed by atoms with Gasteiger partial charge in [-0.2, -0.15) is 0 Å². The number of allylic oxidation sites excluding steroid dienone is 2. The van der Waals surface area contributed by atoms with E-state index >= 15 is 0 Å². The van der Waals surface area contributed by atoms with Crippen LogP contribution >= 0.6 is 0 Å². The summed E-state index contributed by atoms with van der Waals surface area (Å²) in [4.78, 5) is 14.3. The average Bonchev–Trinajstić information content (AvgIpc) is 3.08. The molecule has 3 heteroatoms. The molecule has 1 aromatic carbocycles. The minimum Gasteiger partial charge on any atom is -0.497 e. The van der Waals surface area contributed by atoms with Crippen molar-refractivity contribution >= 4 is 11.5 Å². The molecule has 1 aliphatic carbocycles. The van der Waals surface area contributed by atoms with Gasteiger partial charge in [-0.3, -0.25) is 4.79 Å². The lowest BCUT2D eigenvalue weighted by Crippen LogP contribution is -2.35. The van der Waals surface area contributed by atoms with Crippen molar-refractivity contribution in [2.24, 2.45) is 5.92 Å². The van der Waals surface area contributed by atoms with Gasteiger partial charge in [-0.15, -0.1) is 0 Å². The first-order valence-electron chi connectivity index (χ1n) is 8.04. The van der Waals surface area contributed by atoms with Gasteiger partial charge in [-0.25, -0.2) is 0 Å². The molecule has 3 nitrogen and oxygen atoms in total. The molecule has 3 rings (SSSR count). The Bertz CT molecular complexity index is 586. The zero-order chi connectivity index (χ0) is 15.4. The molecule has 2 aliphatic rings. The first kappa shape index (κ1) is 14.9. The summed E-state index contributed by atoms with van der Waals surface area (Å²) in [5.41, 5.74) is 2.55. The number of hydrogen-bond donors (Lipinski definition) is 0. The van der Waals surface area contributed by atoms with Crippen molar-refractivity contribution in [3.63, 3.8) is 0 Å². The normalized spacial score (nSPS) is 20.9. The van der Waals surface area contributed by atoms with E-state index in [0.29, 0.717) is 18.2 Å². The largest absolute Gasteiger partial charge is 0.497 e. The van der Waals surface area contributed by atoms with Gasteiger partial charge in [-0.05, 0) is 48.4 Å². The summed E-state index contributed by atoms with van der Waals surface area (Å²) in [5.74, 6) is 1.63. The Morgan fingerprint density at radius 3 is 2.73 bits per heavy atom. The van der Waals surface area contributed by atoms with Gasteiger partial charge in [0.25, 0.3) is 0 Å². The van der Waals surface area contributed by atoms with E-state index in [-0.39, 0.29) is 0 Å². The SMILES string of the molecule is COc1ccc(C2=CCN(C(=O)CC3C=CCC3)CC2)cc1. The standard InChI is InChI=1S/C19H23NO2/c1-22-18-8-6-16(7-9-18)17-10-12-20(13-11-17)19(21)14-15-4-2-3-5-15/h2,4,6-10,15H,3,5,11-14H2,1H3. The van der Waals surface area contributed by atoms with Gasteiger partial charge in [0.2, 0.25) is 5.91 Å². The Labute approximate surface area is 132 Å². The van der Waals surface area contributed by atoms with Crippen molar-refractivity contribution in [3.05, 3.63) is 48.1 Å². The summed E-state index contributed by atoms with van der Waals surface area (Å²) in [6.07, 6.45) is 10.4. The van der Waals surface area contributed by atoms with Crippen LogP contribution in [0.1, 0.15) is 31.2 Å². The van der Waals surface area contributed by atoms with Gasteiger partial charge in [0.05, 0.1) is 7.11 Å². The highest BCUT2D eigenvalue weighted by Gasteiger charge is 2.21. The highest BCUT2D eigenvalue weighted by molar-refractivity contribution is 5.78. The van der Waals surface area contributed by atoms with Crippen LogP contribution in [-0.4, -0.2) is 31.0 Å². The van der Waals surface area contributed by atoms with E-state index in [1.807, 2.05) is 17.0 Å². The van der Waals surface area contributed by atoms with Crippen LogP contribution in [0.4, 0.5) is 0 Å². The van der Waals surface area contributed by atoms with Crippen LogP contribution in [0, 0.1) is 5.92 Å². The molecule has 1 aliphatic heterocycles. The molecule has 1 amide bonds. The fourth-order valence-corrected chi connectivity index (χ4v) is 3.18. The number of amides is 1. The monoisotopic (exact) mass is 297 g/mol. The summed E-state index contributed by atoms with van der Waals surface area (Å²) >= 11 is 0. The topological polar surface area (TPSA) is 29.5 Å². The second-order valence-corrected chi connectivity index (χ2v) is 6.02. The Hall–Kier alpha value is -2.03. The van der Waals surface area contributed by atoms with E-state index in [0.717, 1.165) is 38.1 Å². The van der Waals surface area contributed by atoms with Gasteiger partial charge < -0.3 is 9.64 Å². The number of carbonyl (C=O) groups is 1. The van der Waals surface area contributed by atoms with Crippen LogP contribution in [0.3, 0.4) is 0 Å².